The van der Waals surface area contributed by atoms with Crippen molar-refractivity contribution >= 4 is 45.3 Å². The molecule has 0 fully saturated rings. The second-order valence-corrected chi connectivity index (χ2v) is 9.84. The molecule has 0 amide bonds. The van der Waals surface area contributed by atoms with E-state index < -0.39 is 0 Å². The molecule has 0 N–H and O–H groups in total. The molecule has 8 heteroatoms. The van der Waals surface area contributed by atoms with Crippen molar-refractivity contribution in [1.29, 1.82) is 0 Å². The summed E-state index contributed by atoms with van der Waals surface area (Å²) in [6.07, 6.45) is 15.2. The molecule has 0 bridgehead atoms. The number of hydrogen-bond acceptors (Lipinski definition) is 8. The SMILES string of the molecule is O=C(/C=C\c1cc2ccccc2c2c1OCOc1c(/C=C\C(=O)c3cncnc3)cc3ccccc3c1-2)c1cncnc1. The predicted molar refractivity (Wildman–Crippen MR) is 164 cm³/mol. The van der Waals surface area contributed by atoms with Crippen molar-refractivity contribution in [2.75, 3.05) is 6.79 Å². The van der Waals surface area contributed by atoms with E-state index in [1.807, 2.05) is 60.7 Å². The van der Waals surface area contributed by atoms with Crippen molar-refractivity contribution in [3.05, 3.63) is 133 Å². The van der Waals surface area contributed by atoms with Gasteiger partial charge in [0.05, 0.1) is 11.1 Å². The smallest absolute Gasteiger partial charge is 0.231 e. The van der Waals surface area contributed by atoms with Crippen LogP contribution in [0.3, 0.4) is 0 Å². The van der Waals surface area contributed by atoms with Crippen LogP contribution in [0, 0.1) is 0 Å². The van der Waals surface area contributed by atoms with Gasteiger partial charge in [-0.1, -0.05) is 48.5 Å². The average molecular weight is 563 g/mol. The highest BCUT2D eigenvalue weighted by atomic mass is 16.7. The number of fused-ring (bicyclic) bond motifs is 7. The molecule has 6 aromatic rings. The Morgan fingerprint density at radius 2 is 1.02 bits per heavy atom. The maximum absolute atomic E-state index is 12.9. The molecule has 7 rings (SSSR count). The third kappa shape index (κ3) is 4.91. The first kappa shape index (κ1) is 25.9. The van der Waals surface area contributed by atoms with Crippen LogP contribution in [-0.2, 0) is 0 Å². The Balaban J connectivity index is 1.44. The molecular formula is C35H22N4O4. The van der Waals surface area contributed by atoms with E-state index in [0.717, 1.165) is 43.8 Å². The molecule has 2 aromatic heterocycles. The number of carbonyl (C=O) groups excluding carboxylic acids is 2. The van der Waals surface area contributed by atoms with Gasteiger partial charge in [0, 0.05) is 47.0 Å². The van der Waals surface area contributed by atoms with E-state index in [-0.39, 0.29) is 18.4 Å². The van der Waals surface area contributed by atoms with Crippen LogP contribution in [0.15, 0.2) is 110 Å². The second-order valence-electron chi connectivity index (χ2n) is 9.84. The lowest BCUT2D eigenvalue weighted by Crippen LogP contribution is -2.05. The fourth-order valence-electron chi connectivity index (χ4n) is 5.28. The van der Waals surface area contributed by atoms with Crippen LogP contribution in [0.5, 0.6) is 11.5 Å². The average Bonchev–Trinajstić information content (AvgIpc) is 3.28. The van der Waals surface area contributed by atoms with Crippen LogP contribution in [-0.4, -0.2) is 38.3 Å². The number of benzene rings is 4. The van der Waals surface area contributed by atoms with Gasteiger partial charge in [-0.2, -0.15) is 0 Å². The Labute approximate surface area is 246 Å². The Hall–Kier alpha value is -6.02. The predicted octanol–water partition coefficient (Wildman–Crippen LogP) is 6.76. The topological polar surface area (TPSA) is 104 Å². The zero-order valence-electron chi connectivity index (χ0n) is 22.7. The fraction of sp³-hybridized carbons (Fsp3) is 0.0286. The largest absolute Gasteiger partial charge is 0.456 e. The van der Waals surface area contributed by atoms with Crippen LogP contribution >= 0.6 is 0 Å². The van der Waals surface area contributed by atoms with Gasteiger partial charge in [0.15, 0.2) is 11.6 Å². The first-order chi connectivity index (χ1) is 21.2. The lowest BCUT2D eigenvalue weighted by atomic mass is 9.88. The molecule has 0 unspecified atom stereocenters. The van der Waals surface area contributed by atoms with Crippen molar-refractivity contribution in [3.8, 4) is 22.6 Å². The summed E-state index contributed by atoms with van der Waals surface area (Å²) in [5.74, 6) is 0.738. The summed E-state index contributed by atoms with van der Waals surface area (Å²) in [6.45, 7) is -0.0701. The van der Waals surface area contributed by atoms with Crippen LogP contribution in [0.25, 0.3) is 44.8 Å². The monoisotopic (exact) mass is 562 g/mol. The molecule has 0 aliphatic carbocycles. The standard InChI is InChI=1S/C35H22N4O4/c40-30(26-15-36-19-37-16-26)11-9-24-13-22-5-1-3-7-28(22)32-33-29-8-4-2-6-23(29)14-25(35(33)43-21-42-34(24)32)10-12-31(41)27-17-38-20-39-18-27/h1-20H,21H2/b11-9-,12-10-. The van der Waals surface area contributed by atoms with Crippen LogP contribution in [0.4, 0.5) is 0 Å². The van der Waals surface area contributed by atoms with Gasteiger partial charge in [0.1, 0.15) is 24.2 Å². The zero-order valence-corrected chi connectivity index (χ0v) is 22.7. The molecule has 0 atom stereocenters. The highest BCUT2D eigenvalue weighted by Gasteiger charge is 2.26. The van der Waals surface area contributed by atoms with Crippen molar-refractivity contribution in [2.24, 2.45) is 0 Å². The number of carbonyl (C=O) groups is 2. The minimum absolute atomic E-state index is 0.0701. The molecule has 0 saturated heterocycles. The highest BCUT2D eigenvalue weighted by molar-refractivity contribution is 6.14. The molecule has 0 radical (unpaired) electrons. The van der Waals surface area contributed by atoms with E-state index in [1.165, 1.54) is 49.6 Å². The van der Waals surface area contributed by atoms with E-state index in [2.05, 4.69) is 19.9 Å². The normalized spacial score (nSPS) is 12.5. The van der Waals surface area contributed by atoms with Crippen molar-refractivity contribution in [1.82, 2.24) is 19.9 Å². The molecule has 1 aliphatic heterocycles. The third-order valence-electron chi connectivity index (χ3n) is 7.24. The number of rotatable bonds is 6. The number of ether oxygens (including phenoxy) is 2. The van der Waals surface area contributed by atoms with Gasteiger partial charge in [0.25, 0.3) is 0 Å². The lowest BCUT2D eigenvalue weighted by Gasteiger charge is -2.17. The van der Waals surface area contributed by atoms with Crippen molar-refractivity contribution in [3.63, 3.8) is 0 Å². The van der Waals surface area contributed by atoms with E-state index in [9.17, 15) is 9.59 Å². The maximum Gasteiger partial charge on any atom is 0.231 e. The van der Waals surface area contributed by atoms with Crippen LogP contribution in [0.2, 0.25) is 0 Å². The molecule has 0 saturated carbocycles. The number of nitrogens with zero attached hydrogens (tertiary/aromatic N) is 4. The van der Waals surface area contributed by atoms with E-state index in [1.54, 1.807) is 12.2 Å². The molecule has 8 nitrogen and oxygen atoms in total. The molecule has 206 valence electrons. The molecule has 4 aromatic carbocycles. The van der Waals surface area contributed by atoms with Gasteiger partial charge >= 0.3 is 0 Å². The molecule has 3 heterocycles. The van der Waals surface area contributed by atoms with Gasteiger partial charge in [-0.3, -0.25) is 9.59 Å². The molecular weight excluding hydrogens is 540 g/mol. The Bertz CT molecular complexity index is 1940. The highest BCUT2D eigenvalue weighted by Crippen LogP contribution is 2.50. The summed E-state index contributed by atoms with van der Waals surface area (Å²) in [4.78, 5) is 41.6. The fourth-order valence-corrected chi connectivity index (χ4v) is 5.28. The Kier molecular flexibility index (Phi) is 6.69. The number of hydrogen-bond donors (Lipinski definition) is 0. The van der Waals surface area contributed by atoms with Gasteiger partial charge < -0.3 is 9.47 Å². The van der Waals surface area contributed by atoms with Crippen LogP contribution < -0.4 is 9.47 Å². The van der Waals surface area contributed by atoms with Crippen molar-refractivity contribution < 1.29 is 19.1 Å². The van der Waals surface area contributed by atoms with Gasteiger partial charge in [-0.25, -0.2) is 19.9 Å². The number of aromatic nitrogens is 4. The van der Waals surface area contributed by atoms with E-state index >= 15 is 0 Å². The minimum atomic E-state index is -0.223. The second kappa shape index (κ2) is 11.1. The first-order valence-corrected chi connectivity index (χ1v) is 13.5. The van der Waals surface area contributed by atoms with Crippen molar-refractivity contribution in [2.45, 2.75) is 0 Å². The number of ketones is 2. The van der Waals surface area contributed by atoms with E-state index in [0.29, 0.717) is 22.6 Å². The minimum Gasteiger partial charge on any atom is -0.456 e. The van der Waals surface area contributed by atoms with Gasteiger partial charge in [-0.15, -0.1) is 0 Å². The lowest BCUT2D eigenvalue weighted by molar-refractivity contribution is 0.103. The summed E-state index contributed by atoms with van der Waals surface area (Å²) in [5.41, 5.74) is 3.91. The molecule has 0 spiro atoms. The van der Waals surface area contributed by atoms with E-state index in [4.69, 9.17) is 9.47 Å². The Morgan fingerprint density at radius 1 is 0.605 bits per heavy atom. The van der Waals surface area contributed by atoms with Gasteiger partial charge in [-0.05, 0) is 58.0 Å². The van der Waals surface area contributed by atoms with Gasteiger partial charge in [0.2, 0.25) is 6.79 Å². The molecule has 1 aliphatic rings. The molecule has 43 heavy (non-hydrogen) atoms. The maximum atomic E-state index is 12.9. The summed E-state index contributed by atoms with van der Waals surface area (Å²) in [7, 11) is 0. The zero-order chi connectivity index (χ0) is 29.2. The quantitative estimate of drug-likeness (QED) is 0.162. The summed E-state index contributed by atoms with van der Waals surface area (Å²) < 4.78 is 12.6. The first-order valence-electron chi connectivity index (χ1n) is 13.5. The number of allylic oxidation sites excluding steroid dienone is 2. The van der Waals surface area contributed by atoms with Crippen LogP contribution in [0.1, 0.15) is 31.8 Å². The Morgan fingerprint density at radius 3 is 1.47 bits per heavy atom. The summed E-state index contributed by atoms with van der Waals surface area (Å²) >= 11 is 0. The third-order valence-corrected chi connectivity index (χ3v) is 7.24. The summed E-state index contributed by atoms with van der Waals surface area (Å²) in [6, 6.07) is 20.0. The summed E-state index contributed by atoms with van der Waals surface area (Å²) in [5, 5.41) is 3.87.